The molecule has 108 valence electrons. The molecule has 0 atom stereocenters. The number of piperidine rings is 1. The van der Waals surface area contributed by atoms with Gasteiger partial charge in [-0.25, -0.2) is 4.79 Å². The molecule has 0 aromatic carbocycles. The Balaban J connectivity index is 1.70. The highest BCUT2D eigenvalue weighted by Crippen LogP contribution is 2.39. The predicted molar refractivity (Wildman–Crippen MR) is 75.2 cm³/mol. The van der Waals surface area contributed by atoms with E-state index in [2.05, 4.69) is 15.1 Å². The molecule has 6 nitrogen and oxygen atoms in total. The Labute approximate surface area is 122 Å². The van der Waals surface area contributed by atoms with Crippen LogP contribution in [0.2, 0.25) is 5.15 Å². The molecular formula is C13H17ClN4O2. The predicted octanol–water partition coefficient (Wildman–Crippen LogP) is 2.24. The van der Waals surface area contributed by atoms with Gasteiger partial charge in [-0.3, -0.25) is 0 Å². The summed E-state index contributed by atoms with van der Waals surface area (Å²) < 4.78 is 0. The van der Waals surface area contributed by atoms with Crippen molar-refractivity contribution in [3.8, 4) is 0 Å². The Morgan fingerprint density at radius 2 is 1.95 bits per heavy atom. The second kappa shape index (κ2) is 5.09. The van der Waals surface area contributed by atoms with Gasteiger partial charge in [-0.05, 0) is 37.8 Å². The number of amides is 1. The second-order valence-electron chi connectivity index (χ2n) is 5.46. The van der Waals surface area contributed by atoms with E-state index in [0.717, 1.165) is 44.6 Å². The van der Waals surface area contributed by atoms with Crippen molar-refractivity contribution in [2.45, 2.75) is 31.2 Å². The summed E-state index contributed by atoms with van der Waals surface area (Å²) >= 11 is 5.74. The summed E-state index contributed by atoms with van der Waals surface area (Å²) in [6.45, 7) is 2.27. The topological polar surface area (TPSA) is 69.6 Å². The molecular weight excluding hydrogens is 280 g/mol. The van der Waals surface area contributed by atoms with E-state index in [1.54, 1.807) is 11.0 Å². The zero-order valence-electron chi connectivity index (χ0n) is 11.1. The summed E-state index contributed by atoms with van der Waals surface area (Å²) in [6, 6.07) is 3.59. The zero-order valence-corrected chi connectivity index (χ0v) is 11.9. The fraction of sp³-hybridized carbons (Fsp3) is 0.615. The van der Waals surface area contributed by atoms with E-state index in [4.69, 9.17) is 11.6 Å². The number of hydrogen-bond donors (Lipinski definition) is 1. The summed E-state index contributed by atoms with van der Waals surface area (Å²) in [5.74, 6) is 0.809. The first-order valence-electron chi connectivity index (χ1n) is 6.85. The molecule has 1 aromatic heterocycles. The van der Waals surface area contributed by atoms with Gasteiger partial charge in [0.15, 0.2) is 11.0 Å². The van der Waals surface area contributed by atoms with Gasteiger partial charge in [0.05, 0.1) is 0 Å². The molecule has 1 amide bonds. The zero-order chi connectivity index (χ0) is 14.2. The van der Waals surface area contributed by atoms with Gasteiger partial charge in [0, 0.05) is 25.2 Å². The van der Waals surface area contributed by atoms with E-state index >= 15 is 0 Å². The number of anilines is 1. The average molecular weight is 297 g/mol. The Morgan fingerprint density at radius 1 is 1.20 bits per heavy atom. The number of aromatic nitrogens is 2. The molecule has 1 spiro atoms. The van der Waals surface area contributed by atoms with Crippen LogP contribution in [0.4, 0.5) is 10.6 Å². The molecule has 3 rings (SSSR count). The van der Waals surface area contributed by atoms with Gasteiger partial charge in [-0.2, -0.15) is 0 Å². The van der Waals surface area contributed by atoms with Crippen LogP contribution in [-0.2, 0) is 0 Å². The van der Waals surface area contributed by atoms with Crippen LogP contribution in [-0.4, -0.2) is 51.5 Å². The third-order valence-corrected chi connectivity index (χ3v) is 4.66. The molecule has 20 heavy (non-hydrogen) atoms. The molecule has 1 N–H and O–H groups in total. The number of rotatable bonds is 1. The van der Waals surface area contributed by atoms with E-state index in [1.807, 2.05) is 6.07 Å². The van der Waals surface area contributed by atoms with Crippen LogP contribution in [0.15, 0.2) is 12.1 Å². The van der Waals surface area contributed by atoms with Gasteiger partial charge in [0.25, 0.3) is 0 Å². The van der Waals surface area contributed by atoms with Gasteiger partial charge in [0.2, 0.25) is 0 Å². The lowest BCUT2D eigenvalue weighted by Crippen LogP contribution is -2.54. The van der Waals surface area contributed by atoms with Crippen molar-refractivity contribution in [3.63, 3.8) is 0 Å². The Hall–Kier alpha value is -1.56. The monoisotopic (exact) mass is 296 g/mol. The van der Waals surface area contributed by atoms with E-state index in [0.29, 0.717) is 11.7 Å². The average Bonchev–Trinajstić information content (AvgIpc) is 2.84. The first-order chi connectivity index (χ1) is 9.61. The van der Waals surface area contributed by atoms with Gasteiger partial charge < -0.3 is 14.9 Å². The fourth-order valence-corrected chi connectivity index (χ4v) is 3.49. The molecule has 2 saturated heterocycles. The minimum atomic E-state index is -0.790. The molecule has 0 radical (unpaired) electrons. The SMILES string of the molecule is O=C(O)N1CCCC12CCN(c1ccc(Cl)nn1)CC2. The van der Waals surface area contributed by atoms with E-state index in [-0.39, 0.29) is 5.54 Å². The number of halogens is 1. The second-order valence-corrected chi connectivity index (χ2v) is 5.85. The van der Waals surface area contributed by atoms with Crippen LogP contribution >= 0.6 is 11.6 Å². The molecule has 1 aromatic rings. The lowest BCUT2D eigenvalue weighted by Gasteiger charge is -2.44. The molecule has 3 heterocycles. The molecule has 2 aliphatic heterocycles. The molecule has 2 aliphatic rings. The van der Waals surface area contributed by atoms with E-state index in [1.165, 1.54) is 0 Å². The Bertz CT molecular complexity index is 500. The van der Waals surface area contributed by atoms with Crippen LogP contribution in [0.3, 0.4) is 0 Å². The van der Waals surface area contributed by atoms with Gasteiger partial charge >= 0.3 is 6.09 Å². The highest BCUT2D eigenvalue weighted by molar-refractivity contribution is 6.29. The van der Waals surface area contributed by atoms with Gasteiger partial charge in [0.1, 0.15) is 0 Å². The Kier molecular flexibility index (Phi) is 3.41. The highest BCUT2D eigenvalue weighted by atomic mass is 35.5. The first kappa shape index (κ1) is 13.4. The summed E-state index contributed by atoms with van der Waals surface area (Å²) in [6.07, 6.45) is 2.85. The number of likely N-dealkylation sites (tertiary alicyclic amines) is 1. The van der Waals surface area contributed by atoms with E-state index < -0.39 is 6.09 Å². The van der Waals surface area contributed by atoms with Crippen molar-refractivity contribution in [2.75, 3.05) is 24.5 Å². The molecule has 0 bridgehead atoms. The maximum atomic E-state index is 11.3. The lowest BCUT2D eigenvalue weighted by atomic mass is 9.85. The molecule has 2 fully saturated rings. The van der Waals surface area contributed by atoms with Crippen LogP contribution in [0, 0.1) is 0 Å². The third-order valence-electron chi connectivity index (χ3n) is 4.46. The number of carbonyl (C=O) groups is 1. The molecule has 0 unspecified atom stereocenters. The summed E-state index contributed by atoms with van der Waals surface area (Å²) in [5, 5.41) is 17.6. The van der Waals surface area contributed by atoms with Crippen molar-refractivity contribution < 1.29 is 9.90 Å². The third kappa shape index (κ3) is 2.28. The first-order valence-corrected chi connectivity index (χ1v) is 7.23. The minimum absolute atomic E-state index is 0.164. The van der Waals surface area contributed by atoms with Crippen molar-refractivity contribution in [1.82, 2.24) is 15.1 Å². The smallest absolute Gasteiger partial charge is 0.407 e. The van der Waals surface area contributed by atoms with Crippen molar-refractivity contribution in [3.05, 3.63) is 17.3 Å². The molecule has 7 heteroatoms. The Morgan fingerprint density at radius 3 is 2.55 bits per heavy atom. The van der Waals surface area contributed by atoms with Crippen molar-refractivity contribution in [1.29, 1.82) is 0 Å². The number of nitrogens with zero attached hydrogens (tertiary/aromatic N) is 4. The quantitative estimate of drug-likeness (QED) is 0.860. The summed E-state index contributed by atoms with van der Waals surface area (Å²) in [7, 11) is 0. The van der Waals surface area contributed by atoms with Gasteiger partial charge in [-0.1, -0.05) is 11.6 Å². The number of carboxylic acid groups (broad SMARTS) is 1. The van der Waals surface area contributed by atoms with Crippen LogP contribution in [0.25, 0.3) is 0 Å². The number of hydrogen-bond acceptors (Lipinski definition) is 4. The van der Waals surface area contributed by atoms with Crippen LogP contribution < -0.4 is 4.90 Å². The fourth-order valence-electron chi connectivity index (χ4n) is 3.39. The van der Waals surface area contributed by atoms with Crippen LogP contribution in [0.1, 0.15) is 25.7 Å². The van der Waals surface area contributed by atoms with Crippen LogP contribution in [0.5, 0.6) is 0 Å². The molecule has 0 saturated carbocycles. The maximum absolute atomic E-state index is 11.3. The lowest BCUT2D eigenvalue weighted by molar-refractivity contribution is 0.0871. The van der Waals surface area contributed by atoms with E-state index in [9.17, 15) is 9.90 Å². The normalized spacial score (nSPS) is 21.4. The largest absolute Gasteiger partial charge is 0.465 e. The minimum Gasteiger partial charge on any atom is -0.465 e. The van der Waals surface area contributed by atoms with Crippen molar-refractivity contribution >= 4 is 23.5 Å². The standard InChI is InChI=1S/C13H17ClN4O2/c14-10-2-3-11(16-15-10)17-8-5-13(6-9-17)4-1-7-18(13)12(19)20/h2-3H,1,4-9H2,(H,19,20). The van der Waals surface area contributed by atoms with Crippen molar-refractivity contribution in [2.24, 2.45) is 0 Å². The van der Waals surface area contributed by atoms with Gasteiger partial charge in [-0.15, -0.1) is 10.2 Å². The summed E-state index contributed by atoms with van der Waals surface area (Å²) in [4.78, 5) is 15.1. The maximum Gasteiger partial charge on any atom is 0.407 e. The molecule has 0 aliphatic carbocycles. The summed E-state index contributed by atoms with van der Waals surface area (Å²) in [5.41, 5.74) is -0.164. The highest BCUT2D eigenvalue weighted by Gasteiger charge is 2.45.